The van der Waals surface area contributed by atoms with Gasteiger partial charge in [-0.2, -0.15) is 0 Å². The highest BCUT2D eigenvalue weighted by Gasteiger charge is 2.20. The number of rotatable bonds is 2. The van der Waals surface area contributed by atoms with Crippen molar-refractivity contribution in [3.8, 4) is 11.5 Å². The van der Waals surface area contributed by atoms with Gasteiger partial charge in [0.25, 0.3) is 5.91 Å². The van der Waals surface area contributed by atoms with Crippen LogP contribution in [0.1, 0.15) is 15.9 Å². The average molecular weight is 270 g/mol. The van der Waals surface area contributed by atoms with Crippen molar-refractivity contribution in [1.29, 1.82) is 0 Å². The number of pyridine rings is 1. The van der Waals surface area contributed by atoms with Gasteiger partial charge in [0.15, 0.2) is 11.5 Å². The first-order chi connectivity index (χ1) is 9.75. The van der Waals surface area contributed by atoms with Crippen LogP contribution in [0.5, 0.6) is 11.5 Å². The topological polar surface area (TPSA) is 60.5 Å². The predicted molar refractivity (Wildman–Crippen MR) is 74.4 cm³/mol. The smallest absolute Gasteiger partial charge is 0.259 e. The summed E-state index contributed by atoms with van der Waals surface area (Å²) in [5.74, 6) is 0.869. The first-order valence-electron chi connectivity index (χ1n) is 6.36. The number of benzene rings is 1. The number of amides is 1. The molecule has 0 unspecified atom stereocenters. The zero-order valence-corrected chi connectivity index (χ0v) is 11.1. The van der Waals surface area contributed by atoms with Gasteiger partial charge in [-0.1, -0.05) is 6.07 Å². The lowest BCUT2D eigenvalue weighted by Crippen LogP contribution is -2.20. The third-order valence-corrected chi connectivity index (χ3v) is 3.10. The molecular formula is C15H14N2O3. The number of aryl methyl sites for hydroxylation is 1. The molecule has 5 nitrogen and oxygen atoms in total. The van der Waals surface area contributed by atoms with Crippen molar-refractivity contribution in [1.82, 2.24) is 4.98 Å². The highest BCUT2D eigenvalue weighted by atomic mass is 16.6. The number of fused-ring (bicyclic) bond motifs is 1. The summed E-state index contributed by atoms with van der Waals surface area (Å²) in [6.07, 6.45) is 3.31. The minimum Gasteiger partial charge on any atom is -0.486 e. The van der Waals surface area contributed by atoms with Crippen LogP contribution >= 0.6 is 0 Å². The number of anilines is 1. The van der Waals surface area contributed by atoms with Crippen LogP contribution in [0, 0.1) is 6.92 Å². The molecule has 0 radical (unpaired) electrons. The van der Waals surface area contributed by atoms with Crippen molar-refractivity contribution in [2.45, 2.75) is 6.92 Å². The van der Waals surface area contributed by atoms with Gasteiger partial charge in [-0.15, -0.1) is 0 Å². The van der Waals surface area contributed by atoms with Crippen LogP contribution in [0.3, 0.4) is 0 Å². The van der Waals surface area contributed by atoms with E-state index in [9.17, 15) is 4.79 Å². The average Bonchev–Trinajstić information content (AvgIpc) is 2.49. The van der Waals surface area contributed by atoms with Gasteiger partial charge in [-0.3, -0.25) is 9.78 Å². The normalized spacial score (nSPS) is 12.8. The van der Waals surface area contributed by atoms with Gasteiger partial charge in [0.1, 0.15) is 13.2 Å². The fraction of sp³-hybridized carbons (Fsp3) is 0.200. The number of ether oxygens (including phenoxy) is 2. The number of aromatic nitrogens is 1. The van der Waals surface area contributed by atoms with Gasteiger partial charge >= 0.3 is 0 Å². The highest BCUT2D eigenvalue weighted by molar-refractivity contribution is 6.07. The third kappa shape index (κ3) is 2.30. The molecule has 0 aliphatic carbocycles. The van der Waals surface area contributed by atoms with Gasteiger partial charge in [-0.05, 0) is 30.7 Å². The molecule has 0 atom stereocenters. The molecule has 3 rings (SSSR count). The second-order valence-electron chi connectivity index (χ2n) is 4.47. The van der Waals surface area contributed by atoms with Crippen molar-refractivity contribution in [2.24, 2.45) is 0 Å². The fourth-order valence-electron chi connectivity index (χ4n) is 2.04. The quantitative estimate of drug-likeness (QED) is 0.910. The number of para-hydroxylation sites is 1. The SMILES string of the molecule is Cc1ccncc1NC(=O)c1cccc2c1OCCO2. The summed E-state index contributed by atoms with van der Waals surface area (Å²) in [6, 6.07) is 7.13. The molecular weight excluding hydrogens is 256 g/mol. The molecule has 0 fully saturated rings. The lowest BCUT2D eigenvalue weighted by Gasteiger charge is -2.20. The van der Waals surface area contributed by atoms with Crippen LogP contribution in [-0.4, -0.2) is 24.1 Å². The molecule has 0 saturated heterocycles. The minimum absolute atomic E-state index is 0.233. The molecule has 0 saturated carbocycles. The number of nitrogens with one attached hydrogen (secondary N) is 1. The number of carbonyl (C=O) groups is 1. The maximum atomic E-state index is 12.4. The van der Waals surface area contributed by atoms with E-state index >= 15 is 0 Å². The Morgan fingerprint density at radius 3 is 2.95 bits per heavy atom. The van der Waals surface area contributed by atoms with E-state index in [0.29, 0.717) is 36.0 Å². The molecule has 0 spiro atoms. The van der Waals surface area contributed by atoms with Crippen LogP contribution < -0.4 is 14.8 Å². The van der Waals surface area contributed by atoms with E-state index in [-0.39, 0.29) is 5.91 Å². The second-order valence-corrected chi connectivity index (χ2v) is 4.47. The van der Waals surface area contributed by atoms with Crippen molar-refractivity contribution in [3.63, 3.8) is 0 Å². The standard InChI is InChI=1S/C15H14N2O3/c1-10-5-6-16-9-12(10)17-15(18)11-3-2-4-13-14(11)20-8-7-19-13/h2-6,9H,7-8H2,1H3,(H,17,18). The third-order valence-electron chi connectivity index (χ3n) is 3.10. The summed E-state index contributed by atoms with van der Waals surface area (Å²) in [6.45, 7) is 2.86. The van der Waals surface area contributed by atoms with Crippen LogP contribution in [0.4, 0.5) is 5.69 Å². The number of hydrogen-bond acceptors (Lipinski definition) is 4. The highest BCUT2D eigenvalue weighted by Crippen LogP contribution is 2.34. The zero-order chi connectivity index (χ0) is 13.9. The Kier molecular flexibility index (Phi) is 3.25. The maximum absolute atomic E-state index is 12.4. The van der Waals surface area contributed by atoms with E-state index in [2.05, 4.69) is 10.3 Å². The van der Waals surface area contributed by atoms with E-state index < -0.39 is 0 Å². The molecule has 1 amide bonds. The zero-order valence-electron chi connectivity index (χ0n) is 11.1. The molecule has 0 bridgehead atoms. The molecule has 2 aromatic rings. The van der Waals surface area contributed by atoms with Crippen molar-refractivity contribution >= 4 is 11.6 Å². The summed E-state index contributed by atoms with van der Waals surface area (Å²) in [7, 11) is 0. The van der Waals surface area contributed by atoms with E-state index in [4.69, 9.17) is 9.47 Å². The maximum Gasteiger partial charge on any atom is 0.259 e. The van der Waals surface area contributed by atoms with E-state index in [1.54, 1.807) is 30.6 Å². The number of hydrogen-bond donors (Lipinski definition) is 1. The van der Waals surface area contributed by atoms with Crippen molar-refractivity contribution in [3.05, 3.63) is 47.8 Å². The summed E-state index contributed by atoms with van der Waals surface area (Å²) >= 11 is 0. The Hall–Kier alpha value is -2.56. The van der Waals surface area contributed by atoms with Crippen LogP contribution in [0.2, 0.25) is 0 Å². The number of nitrogens with zero attached hydrogens (tertiary/aromatic N) is 1. The summed E-state index contributed by atoms with van der Waals surface area (Å²) < 4.78 is 11.0. The Morgan fingerprint density at radius 1 is 1.25 bits per heavy atom. The molecule has 2 heterocycles. The largest absolute Gasteiger partial charge is 0.486 e. The van der Waals surface area contributed by atoms with Gasteiger partial charge in [0.2, 0.25) is 0 Å². The summed E-state index contributed by atoms with van der Waals surface area (Å²) in [4.78, 5) is 16.4. The van der Waals surface area contributed by atoms with Gasteiger partial charge in [-0.25, -0.2) is 0 Å². The molecule has 102 valence electrons. The number of carbonyl (C=O) groups excluding carboxylic acids is 1. The van der Waals surface area contributed by atoms with Gasteiger partial charge in [0.05, 0.1) is 17.4 Å². The van der Waals surface area contributed by atoms with Crippen molar-refractivity contribution < 1.29 is 14.3 Å². The second kappa shape index (κ2) is 5.21. The molecule has 1 aromatic carbocycles. The molecule has 5 heteroatoms. The first-order valence-corrected chi connectivity index (χ1v) is 6.36. The Morgan fingerprint density at radius 2 is 2.10 bits per heavy atom. The summed E-state index contributed by atoms with van der Waals surface area (Å²) in [5.41, 5.74) is 2.10. The molecule has 1 aliphatic heterocycles. The van der Waals surface area contributed by atoms with E-state index in [1.807, 2.05) is 13.0 Å². The predicted octanol–water partition coefficient (Wildman–Crippen LogP) is 2.41. The monoisotopic (exact) mass is 270 g/mol. The first kappa shape index (κ1) is 12.5. The van der Waals surface area contributed by atoms with Crippen LogP contribution in [-0.2, 0) is 0 Å². The van der Waals surface area contributed by atoms with E-state index in [0.717, 1.165) is 5.56 Å². The molecule has 1 N–H and O–H groups in total. The Bertz CT molecular complexity index is 655. The van der Waals surface area contributed by atoms with Crippen LogP contribution in [0.15, 0.2) is 36.7 Å². The van der Waals surface area contributed by atoms with Gasteiger partial charge in [0, 0.05) is 6.20 Å². The van der Waals surface area contributed by atoms with Gasteiger partial charge < -0.3 is 14.8 Å². The Balaban J connectivity index is 1.90. The molecule has 20 heavy (non-hydrogen) atoms. The van der Waals surface area contributed by atoms with Crippen LogP contribution in [0.25, 0.3) is 0 Å². The lowest BCUT2D eigenvalue weighted by atomic mass is 10.1. The fourth-order valence-corrected chi connectivity index (χ4v) is 2.04. The van der Waals surface area contributed by atoms with Crippen molar-refractivity contribution in [2.75, 3.05) is 18.5 Å². The molecule has 1 aromatic heterocycles. The lowest BCUT2D eigenvalue weighted by molar-refractivity contribution is 0.101. The Labute approximate surface area is 116 Å². The van der Waals surface area contributed by atoms with E-state index in [1.165, 1.54) is 0 Å². The summed E-state index contributed by atoms with van der Waals surface area (Å²) in [5, 5.41) is 2.84. The minimum atomic E-state index is -0.233. The molecule has 1 aliphatic rings.